The fraction of sp³-hybridized carbons (Fsp3) is 0. The number of benzene rings is 10. The summed E-state index contributed by atoms with van der Waals surface area (Å²) >= 11 is 0. The third-order valence-corrected chi connectivity index (χ3v) is 12.5. The molecule has 0 N–H and O–H groups in total. The van der Waals surface area contributed by atoms with E-state index in [-0.39, 0.29) is 0 Å². The van der Waals surface area contributed by atoms with Crippen molar-refractivity contribution in [1.82, 2.24) is 9.13 Å². The molecule has 290 valence electrons. The molecule has 2 nitrogen and oxygen atoms in total. The van der Waals surface area contributed by atoms with Crippen LogP contribution < -0.4 is 0 Å². The van der Waals surface area contributed by atoms with E-state index in [0.29, 0.717) is 0 Å². The van der Waals surface area contributed by atoms with E-state index in [1.165, 1.54) is 99.2 Å². The van der Waals surface area contributed by atoms with E-state index in [9.17, 15) is 0 Å². The number of hydrogen-bond acceptors (Lipinski definition) is 0. The minimum absolute atomic E-state index is 1.14. The van der Waals surface area contributed by atoms with Crippen LogP contribution in [0, 0.1) is 0 Å². The first-order chi connectivity index (χ1) is 30.7. The second-order valence-electron chi connectivity index (χ2n) is 16.1. The fourth-order valence-corrected chi connectivity index (χ4v) is 9.57. The van der Waals surface area contributed by atoms with Crippen LogP contribution in [0.3, 0.4) is 0 Å². The first kappa shape index (κ1) is 35.7. The highest BCUT2D eigenvalue weighted by Crippen LogP contribution is 2.43. The van der Waals surface area contributed by atoms with E-state index in [1.54, 1.807) is 0 Å². The highest BCUT2D eigenvalue weighted by molar-refractivity contribution is 6.18. The summed E-state index contributed by atoms with van der Waals surface area (Å²) < 4.78 is 4.85. The molecule has 0 amide bonds. The third kappa shape index (κ3) is 6.04. The van der Waals surface area contributed by atoms with E-state index >= 15 is 0 Å². The molecule has 0 atom stereocenters. The zero-order valence-corrected chi connectivity index (χ0v) is 34.0. The van der Waals surface area contributed by atoms with Crippen LogP contribution in [-0.2, 0) is 0 Å². The molecule has 2 heterocycles. The van der Waals surface area contributed by atoms with Crippen LogP contribution in [-0.4, -0.2) is 9.13 Å². The minimum atomic E-state index is 1.14. The predicted octanol–water partition coefficient (Wildman–Crippen LogP) is 16.2. The molecule has 0 bridgehead atoms. The Morgan fingerprint density at radius 3 is 1.31 bits per heavy atom. The maximum absolute atomic E-state index is 2.44. The Hall–Kier alpha value is -8.20. The van der Waals surface area contributed by atoms with Gasteiger partial charge in [0, 0.05) is 32.9 Å². The highest BCUT2D eigenvalue weighted by atomic mass is 15.0. The van der Waals surface area contributed by atoms with Crippen molar-refractivity contribution in [3.63, 3.8) is 0 Å². The quantitative estimate of drug-likeness (QED) is 0.152. The number of rotatable bonds is 7. The lowest BCUT2D eigenvalue weighted by Gasteiger charge is -2.12. The van der Waals surface area contributed by atoms with Crippen LogP contribution in [0.1, 0.15) is 0 Å². The first-order valence-electron chi connectivity index (χ1n) is 21.3. The summed E-state index contributed by atoms with van der Waals surface area (Å²) in [6.45, 7) is 0. The molecule has 0 aliphatic rings. The Morgan fingerprint density at radius 1 is 0.210 bits per heavy atom. The molecule has 2 heteroatoms. The lowest BCUT2D eigenvalue weighted by Crippen LogP contribution is -1.94. The maximum atomic E-state index is 2.44. The Morgan fingerprint density at radius 2 is 0.645 bits per heavy atom. The molecule has 0 spiro atoms. The summed E-state index contributed by atoms with van der Waals surface area (Å²) in [6, 6.07) is 88.4. The summed E-state index contributed by atoms with van der Waals surface area (Å²) in [6.07, 6.45) is 0. The van der Waals surface area contributed by atoms with Gasteiger partial charge >= 0.3 is 0 Å². The van der Waals surface area contributed by atoms with E-state index in [0.717, 1.165) is 11.4 Å². The van der Waals surface area contributed by atoms with Crippen molar-refractivity contribution in [3.8, 4) is 67.0 Å². The summed E-state index contributed by atoms with van der Waals surface area (Å²) in [7, 11) is 0. The lowest BCUT2D eigenvalue weighted by molar-refractivity contribution is 1.18. The van der Waals surface area contributed by atoms with Crippen molar-refractivity contribution in [3.05, 3.63) is 243 Å². The summed E-state index contributed by atoms with van der Waals surface area (Å²) in [5, 5.41) is 4.97. The Bertz CT molecular complexity index is 3580. The van der Waals surface area contributed by atoms with Crippen LogP contribution in [0.2, 0.25) is 0 Å². The molecule has 12 aromatic rings. The van der Waals surface area contributed by atoms with Crippen molar-refractivity contribution in [2.24, 2.45) is 0 Å². The van der Waals surface area contributed by atoms with Crippen LogP contribution in [0.5, 0.6) is 0 Å². The number of para-hydroxylation sites is 2. The number of hydrogen-bond donors (Lipinski definition) is 0. The Kier molecular flexibility index (Phi) is 8.53. The molecule has 0 saturated heterocycles. The molecule has 0 radical (unpaired) electrons. The van der Waals surface area contributed by atoms with Gasteiger partial charge in [-0.2, -0.15) is 0 Å². The maximum Gasteiger partial charge on any atom is 0.0553 e. The molecule has 62 heavy (non-hydrogen) atoms. The molecule has 2 aromatic heterocycles. The molecule has 12 rings (SSSR count). The molecular formula is C60H40N2. The molecule has 10 aromatic carbocycles. The topological polar surface area (TPSA) is 9.86 Å². The lowest BCUT2D eigenvalue weighted by atomic mass is 9.93. The minimum Gasteiger partial charge on any atom is -0.309 e. The van der Waals surface area contributed by atoms with Crippen LogP contribution in [0.15, 0.2) is 243 Å². The number of aromatic nitrogens is 2. The van der Waals surface area contributed by atoms with E-state index in [4.69, 9.17) is 0 Å². The van der Waals surface area contributed by atoms with Crippen molar-refractivity contribution >= 4 is 43.6 Å². The largest absolute Gasteiger partial charge is 0.309 e. The Labute approximate surface area is 360 Å². The number of fused-ring (bicyclic) bond motifs is 6. The van der Waals surface area contributed by atoms with Crippen LogP contribution >= 0.6 is 0 Å². The van der Waals surface area contributed by atoms with Crippen LogP contribution in [0.4, 0.5) is 0 Å². The zero-order valence-electron chi connectivity index (χ0n) is 34.0. The van der Waals surface area contributed by atoms with Gasteiger partial charge in [0.1, 0.15) is 0 Å². The average molecular weight is 789 g/mol. The second kappa shape index (κ2) is 14.8. The van der Waals surface area contributed by atoms with Gasteiger partial charge in [0.05, 0.1) is 22.1 Å². The average Bonchev–Trinajstić information content (AvgIpc) is 3.87. The smallest absolute Gasteiger partial charge is 0.0553 e. The summed E-state index contributed by atoms with van der Waals surface area (Å²) in [4.78, 5) is 0. The van der Waals surface area contributed by atoms with Gasteiger partial charge in [-0.3, -0.25) is 0 Å². The van der Waals surface area contributed by atoms with Crippen molar-refractivity contribution < 1.29 is 0 Å². The SMILES string of the molecule is c1ccc(-c2cccc(-c3ccc(-n4c5ccccc5c5cc(-c6ccc7c(c6)c6c(-c8ccccc8)cc(-c8ccccc8)cc6n7-c6ccccc6)ccc54)cc3)c2)cc1. The van der Waals surface area contributed by atoms with E-state index in [2.05, 4.69) is 252 Å². The standard InChI is InChI=1S/C60H40N2/c1-5-16-41(17-6-1)45-22-15-23-46(36-45)43-28-32-51(33-29-43)61-56-27-14-13-26-52(56)54-37-47(30-34-57(54)61)48-31-35-58-55(38-48)60-53(44-20-9-3-10-21-44)39-49(42-18-7-2-8-19-42)40-59(60)62(58)50-24-11-4-12-25-50/h1-40H. The Balaban J connectivity index is 1.01. The molecule has 0 saturated carbocycles. The highest BCUT2D eigenvalue weighted by Gasteiger charge is 2.20. The third-order valence-electron chi connectivity index (χ3n) is 12.5. The van der Waals surface area contributed by atoms with E-state index < -0.39 is 0 Å². The van der Waals surface area contributed by atoms with Gasteiger partial charge in [-0.05, 0) is 128 Å². The van der Waals surface area contributed by atoms with Crippen molar-refractivity contribution in [1.29, 1.82) is 0 Å². The molecular weight excluding hydrogens is 749 g/mol. The van der Waals surface area contributed by atoms with Gasteiger partial charge in [-0.15, -0.1) is 0 Å². The first-order valence-corrected chi connectivity index (χ1v) is 21.3. The normalized spacial score (nSPS) is 11.5. The van der Waals surface area contributed by atoms with Crippen molar-refractivity contribution in [2.45, 2.75) is 0 Å². The monoisotopic (exact) mass is 788 g/mol. The van der Waals surface area contributed by atoms with Crippen molar-refractivity contribution in [2.75, 3.05) is 0 Å². The second-order valence-corrected chi connectivity index (χ2v) is 16.1. The van der Waals surface area contributed by atoms with Gasteiger partial charge in [0.2, 0.25) is 0 Å². The van der Waals surface area contributed by atoms with Gasteiger partial charge < -0.3 is 9.13 Å². The van der Waals surface area contributed by atoms with Gasteiger partial charge in [0.25, 0.3) is 0 Å². The summed E-state index contributed by atoms with van der Waals surface area (Å²) in [5.41, 5.74) is 19.1. The zero-order chi connectivity index (χ0) is 41.0. The molecule has 0 aliphatic carbocycles. The van der Waals surface area contributed by atoms with E-state index in [1.807, 2.05) is 0 Å². The summed E-state index contributed by atoms with van der Waals surface area (Å²) in [5.74, 6) is 0. The predicted molar refractivity (Wildman–Crippen MR) is 262 cm³/mol. The molecule has 0 unspecified atom stereocenters. The fourth-order valence-electron chi connectivity index (χ4n) is 9.57. The van der Waals surface area contributed by atoms with Gasteiger partial charge in [-0.1, -0.05) is 170 Å². The molecule has 0 fully saturated rings. The number of nitrogens with zero attached hydrogens (tertiary/aromatic N) is 2. The van der Waals surface area contributed by atoms with Gasteiger partial charge in [-0.25, -0.2) is 0 Å². The van der Waals surface area contributed by atoms with Gasteiger partial charge in [0.15, 0.2) is 0 Å². The van der Waals surface area contributed by atoms with Crippen LogP contribution in [0.25, 0.3) is 111 Å². The molecule has 0 aliphatic heterocycles.